The zero-order chi connectivity index (χ0) is 25.8. The molecule has 0 saturated carbocycles. The number of nitrogens with zero attached hydrogens (tertiary/aromatic N) is 1. The molecule has 0 fully saturated rings. The zero-order valence-corrected chi connectivity index (χ0v) is 21.4. The number of nitrogens with one attached hydrogen (secondary N) is 2. The first-order valence-electron chi connectivity index (χ1n) is 12.9. The van der Waals surface area contributed by atoms with E-state index in [9.17, 15) is 24.3 Å². The van der Waals surface area contributed by atoms with Crippen molar-refractivity contribution in [3.8, 4) is 0 Å². The van der Waals surface area contributed by atoms with Crippen molar-refractivity contribution in [2.45, 2.75) is 116 Å². The maximum atomic E-state index is 12.4. The summed E-state index contributed by atoms with van der Waals surface area (Å²) in [5, 5.41) is 22.8. The maximum Gasteiger partial charge on any atom is 0.322 e. The lowest BCUT2D eigenvalue weighted by Gasteiger charge is -2.27. The molecule has 0 unspecified atom stereocenters. The predicted octanol–water partition coefficient (Wildman–Crippen LogP) is 2.99. The van der Waals surface area contributed by atoms with E-state index < -0.39 is 43.0 Å². The van der Waals surface area contributed by atoms with Gasteiger partial charge in [-0.1, -0.05) is 84.0 Å². The summed E-state index contributed by atoms with van der Waals surface area (Å²) in [6.45, 7) is 2.51. The van der Waals surface area contributed by atoms with Gasteiger partial charge in [-0.15, -0.1) is 0 Å². The topological polar surface area (TPSA) is 136 Å². The average Bonchev–Trinajstić information content (AvgIpc) is 2.80. The number of hydrogen-bond donors (Lipinski definition) is 4. The van der Waals surface area contributed by atoms with Crippen molar-refractivity contribution < 1.29 is 29.4 Å². The van der Waals surface area contributed by atoms with E-state index in [1.54, 1.807) is 0 Å². The van der Waals surface area contributed by atoms with Crippen molar-refractivity contribution in [1.82, 2.24) is 15.5 Å². The summed E-state index contributed by atoms with van der Waals surface area (Å²) in [7, 11) is 1.46. The van der Waals surface area contributed by atoms with Crippen LogP contribution in [0.25, 0.3) is 0 Å². The van der Waals surface area contributed by atoms with Crippen molar-refractivity contribution in [1.29, 1.82) is 0 Å². The van der Waals surface area contributed by atoms with E-state index in [4.69, 9.17) is 5.11 Å². The van der Waals surface area contributed by atoms with Gasteiger partial charge < -0.3 is 25.7 Å². The van der Waals surface area contributed by atoms with Crippen LogP contribution in [0.4, 0.5) is 0 Å². The lowest BCUT2D eigenvalue weighted by molar-refractivity contribution is -0.142. The Morgan fingerprint density at radius 3 is 1.71 bits per heavy atom. The Balaban J connectivity index is 4.03. The Hall–Kier alpha value is -2.16. The van der Waals surface area contributed by atoms with Gasteiger partial charge in [0.15, 0.2) is 0 Å². The number of amides is 3. The van der Waals surface area contributed by atoms with E-state index >= 15 is 0 Å². The molecule has 9 heteroatoms. The van der Waals surface area contributed by atoms with Crippen LogP contribution < -0.4 is 10.6 Å². The second kappa shape index (κ2) is 20.2. The van der Waals surface area contributed by atoms with E-state index in [0.717, 1.165) is 19.3 Å². The summed E-state index contributed by atoms with van der Waals surface area (Å²) in [6.07, 6.45) is 16.1. The fraction of sp³-hybridized carbons (Fsp3) is 0.840. The molecule has 4 N–H and O–H groups in total. The Bertz CT molecular complexity index is 599. The number of carbonyl (C=O) groups is 4. The second-order valence-electron chi connectivity index (χ2n) is 9.04. The third-order valence-corrected chi connectivity index (χ3v) is 6.00. The summed E-state index contributed by atoms with van der Waals surface area (Å²) in [6, 6.07) is -2.10. The van der Waals surface area contributed by atoms with E-state index in [1.807, 2.05) is 0 Å². The monoisotopic (exact) mass is 485 g/mol. The highest BCUT2D eigenvalue weighted by atomic mass is 16.4. The molecule has 0 heterocycles. The van der Waals surface area contributed by atoms with Crippen LogP contribution in [0.3, 0.4) is 0 Å². The molecule has 0 rings (SSSR count). The Kier molecular flexibility index (Phi) is 18.9. The van der Waals surface area contributed by atoms with Gasteiger partial charge in [0.1, 0.15) is 18.6 Å². The molecule has 2 atom stereocenters. The molecular weight excluding hydrogens is 438 g/mol. The highest BCUT2D eigenvalue weighted by Gasteiger charge is 2.28. The first-order valence-corrected chi connectivity index (χ1v) is 12.9. The first-order chi connectivity index (χ1) is 16.2. The van der Waals surface area contributed by atoms with E-state index in [-0.39, 0.29) is 5.91 Å². The first kappa shape index (κ1) is 31.8. The number of aliphatic hydroxyl groups excluding tert-OH is 1. The van der Waals surface area contributed by atoms with Crippen LogP contribution in [0, 0.1) is 0 Å². The van der Waals surface area contributed by atoms with Crippen molar-refractivity contribution in [2.24, 2.45) is 0 Å². The predicted molar refractivity (Wildman–Crippen MR) is 132 cm³/mol. The van der Waals surface area contributed by atoms with Gasteiger partial charge in [-0.3, -0.25) is 19.2 Å². The van der Waals surface area contributed by atoms with Gasteiger partial charge in [-0.25, -0.2) is 0 Å². The van der Waals surface area contributed by atoms with Crippen LogP contribution in [0.15, 0.2) is 0 Å². The largest absolute Gasteiger partial charge is 0.480 e. The van der Waals surface area contributed by atoms with Gasteiger partial charge in [0.25, 0.3) is 0 Å². The molecule has 9 nitrogen and oxygen atoms in total. The van der Waals surface area contributed by atoms with Crippen molar-refractivity contribution in [3.63, 3.8) is 0 Å². The maximum absolute atomic E-state index is 12.4. The molecule has 34 heavy (non-hydrogen) atoms. The lowest BCUT2D eigenvalue weighted by atomic mass is 10.0. The second-order valence-corrected chi connectivity index (χ2v) is 9.04. The summed E-state index contributed by atoms with van der Waals surface area (Å²) in [5.74, 6) is -2.76. The smallest absolute Gasteiger partial charge is 0.322 e. The summed E-state index contributed by atoms with van der Waals surface area (Å²) in [5.41, 5.74) is 0. The van der Waals surface area contributed by atoms with Gasteiger partial charge in [0, 0.05) is 13.5 Å². The average molecular weight is 486 g/mol. The number of rotatable bonds is 21. The van der Waals surface area contributed by atoms with Crippen molar-refractivity contribution >= 4 is 23.7 Å². The molecule has 0 aliphatic carbocycles. The summed E-state index contributed by atoms with van der Waals surface area (Å²) in [4.78, 5) is 48.4. The SMILES string of the molecule is CCCCCCCCCCCCCCCC(=O)N(C)[C@H](CO)C(=O)N[C@H](C)C(=O)NCC(=O)O. The van der Waals surface area contributed by atoms with Crippen LogP contribution in [0.2, 0.25) is 0 Å². The molecule has 0 aromatic carbocycles. The number of unbranched alkanes of at least 4 members (excludes halogenated alkanes) is 12. The molecule has 198 valence electrons. The van der Waals surface area contributed by atoms with Crippen LogP contribution in [-0.2, 0) is 19.2 Å². The minimum absolute atomic E-state index is 0.236. The lowest BCUT2D eigenvalue weighted by Crippen LogP contribution is -2.54. The Morgan fingerprint density at radius 1 is 0.794 bits per heavy atom. The number of hydrogen-bond acceptors (Lipinski definition) is 5. The van der Waals surface area contributed by atoms with Crippen LogP contribution in [-0.4, -0.2) is 71.1 Å². The molecule has 0 spiro atoms. The molecule has 0 saturated heterocycles. The molecular formula is C25H47N3O6. The van der Waals surface area contributed by atoms with Gasteiger partial charge in [0.2, 0.25) is 17.7 Å². The highest BCUT2D eigenvalue weighted by Crippen LogP contribution is 2.13. The van der Waals surface area contributed by atoms with Crippen LogP contribution in [0.5, 0.6) is 0 Å². The minimum atomic E-state index is -1.20. The number of carbonyl (C=O) groups excluding carboxylic acids is 3. The van der Waals surface area contributed by atoms with Gasteiger partial charge >= 0.3 is 5.97 Å². The molecule has 0 aliphatic rings. The standard InChI is InChI=1S/C25H47N3O6/c1-4-5-6-7-8-9-10-11-12-13-14-15-16-17-22(30)28(3)21(19-29)25(34)27-20(2)24(33)26-18-23(31)32/h20-21,29H,4-19H2,1-3H3,(H,26,33)(H,27,34)(H,31,32)/t20-,21-/m1/s1. The number of aliphatic carboxylic acids is 1. The zero-order valence-electron chi connectivity index (χ0n) is 21.4. The Morgan fingerprint density at radius 2 is 1.26 bits per heavy atom. The molecule has 0 aliphatic heterocycles. The van der Waals surface area contributed by atoms with E-state index in [2.05, 4.69) is 17.6 Å². The fourth-order valence-corrected chi connectivity index (χ4v) is 3.72. The van der Waals surface area contributed by atoms with Crippen molar-refractivity contribution in [2.75, 3.05) is 20.2 Å². The molecule has 3 amide bonds. The normalized spacial score (nSPS) is 12.6. The third-order valence-electron chi connectivity index (χ3n) is 6.00. The molecule has 0 aromatic heterocycles. The van der Waals surface area contributed by atoms with Crippen LogP contribution >= 0.6 is 0 Å². The Labute approximate surface area is 205 Å². The quantitative estimate of drug-likeness (QED) is 0.185. The number of carboxylic acid groups (broad SMARTS) is 1. The highest BCUT2D eigenvalue weighted by molar-refractivity contribution is 5.92. The van der Waals surface area contributed by atoms with E-state index in [1.165, 1.54) is 83.1 Å². The third kappa shape index (κ3) is 15.6. The van der Waals surface area contributed by atoms with Gasteiger partial charge in [-0.05, 0) is 13.3 Å². The fourth-order valence-electron chi connectivity index (χ4n) is 3.72. The number of carboxylic acids is 1. The minimum Gasteiger partial charge on any atom is -0.480 e. The molecule has 0 aromatic rings. The molecule has 0 radical (unpaired) electrons. The van der Waals surface area contributed by atoms with E-state index in [0.29, 0.717) is 6.42 Å². The number of aliphatic hydroxyl groups is 1. The van der Waals surface area contributed by atoms with Crippen LogP contribution in [0.1, 0.15) is 104 Å². The molecule has 0 bridgehead atoms. The number of likely N-dealkylation sites (N-methyl/N-ethyl adjacent to an activating group) is 1. The van der Waals surface area contributed by atoms with Gasteiger partial charge in [-0.2, -0.15) is 0 Å². The summed E-state index contributed by atoms with van der Waals surface area (Å²) >= 11 is 0. The van der Waals surface area contributed by atoms with Gasteiger partial charge in [0.05, 0.1) is 6.61 Å². The van der Waals surface area contributed by atoms with Crippen molar-refractivity contribution in [3.05, 3.63) is 0 Å². The summed E-state index contributed by atoms with van der Waals surface area (Å²) < 4.78 is 0.